The van der Waals surface area contributed by atoms with Gasteiger partial charge in [0.05, 0.1) is 4.90 Å². The number of benzene rings is 1. The van der Waals surface area contributed by atoms with Crippen LogP contribution in [-0.2, 0) is 14.8 Å². The van der Waals surface area contributed by atoms with Crippen molar-refractivity contribution in [1.29, 1.82) is 0 Å². The molecule has 0 fully saturated rings. The molecular weight excluding hydrogens is 322 g/mol. The van der Waals surface area contributed by atoms with Gasteiger partial charge in [-0.3, -0.25) is 4.79 Å². The molecule has 0 N–H and O–H groups in total. The van der Waals surface area contributed by atoms with Crippen LogP contribution in [0.5, 0.6) is 0 Å². The summed E-state index contributed by atoms with van der Waals surface area (Å²) in [6.45, 7) is 4.10. The molecule has 0 atom stereocenters. The van der Waals surface area contributed by atoms with Crippen LogP contribution < -0.4 is 0 Å². The van der Waals surface area contributed by atoms with Crippen molar-refractivity contribution in [3.63, 3.8) is 0 Å². The van der Waals surface area contributed by atoms with Crippen molar-refractivity contribution in [2.75, 3.05) is 7.05 Å². The molecule has 136 valence electrons. The topological polar surface area (TPSA) is 54.5 Å². The molecule has 0 spiro atoms. The van der Waals surface area contributed by atoms with Crippen molar-refractivity contribution in [3.8, 4) is 0 Å². The zero-order chi connectivity index (χ0) is 18.0. The highest BCUT2D eigenvalue weighted by atomic mass is 32.2. The second-order valence-electron chi connectivity index (χ2n) is 6.40. The monoisotopic (exact) mass is 353 g/mol. The van der Waals surface area contributed by atoms with Gasteiger partial charge >= 0.3 is 0 Å². The fourth-order valence-electron chi connectivity index (χ4n) is 2.57. The first-order valence-corrected chi connectivity index (χ1v) is 10.4. The van der Waals surface area contributed by atoms with Crippen molar-refractivity contribution in [2.45, 2.75) is 76.5 Å². The van der Waals surface area contributed by atoms with Gasteiger partial charge in [0, 0.05) is 13.5 Å². The molecule has 1 aromatic carbocycles. The number of carbonyl (C=O) groups excluding carboxylic acids is 1. The summed E-state index contributed by atoms with van der Waals surface area (Å²) in [6.07, 6.45) is 9.41. The van der Waals surface area contributed by atoms with Gasteiger partial charge in [0.25, 0.3) is 10.0 Å². The van der Waals surface area contributed by atoms with Crippen LogP contribution >= 0.6 is 0 Å². The van der Waals surface area contributed by atoms with Gasteiger partial charge in [-0.25, -0.2) is 12.7 Å². The fourth-order valence-corrected chi connectivity index (χ4v) is 3.73. The SMILES string of the molecule is CCCCCCCCCCC(=O)N(C)S(=O)(=O)c1ccc(C)cc1. The van der Waals surface area contributed by atoms with Crippen molar-refractivity contribution >= 4 is 15.9 Å². The lowest BCUT2D eigenvalue weighted by molar-refractivity contribution is -0.125. The van der Waals surface area contributed by atoms with E-state index in [4.69, 9.17) is 0 Å². The zero-order valence-corrected chi connectivity index (χ0v) is 16.1. The predicted molar refractivity (Wildman–Crippen MR) is 98.4 cm³/mol. The summed E-state index contributed by atoms with van der Waals surface area (Å²) < 4.78 is 25.7. The molecule has 0 aliphatic carbocycles. The molecule has 0 aliphatic rings. The summed E-state index contributed by atoms with van der Waals surface area (Å²) in [5, 5.41) is 0. The van der Waals surface area contributed by atoms with E-state index in [-0.39, 0.29) is 17.2 Å². The molecule has 0 radical (unpaired) electrons. The third-order valence-electron chi connectivity index (χ3n) is 4.27. The van der Waals surface area contributed by atoms with E-state index in [0.717, 1.165) is 29.1 Å². The highest BCUT2D eigenvalue weighted by Crippen LogP contribution is 2.17. The fraction of sp³-hybridized carbons (Fsp3) is 0.632. The van der Waals surface area contributed by atoms with E-state index in [9.17, 15) is 13.2 Å². The molecule has 1 aromatic rings. The van der Waals surface area contributed by atoms with Crippen LogP contribution in [0.4, 0.5) is 0 Å². The normalized spacial score (nSPS) is 11.5. The van der Waals surface area contributed by atoms with Crippen LogP contribution in [0.2, 0.25) is 0 Å². The van der Waals surface area contributed by atoms with Crippen LogP contribution in [0.25, 0.3) is 0 Å². The number of sulfonamides is 1. The molecule has 0 bridgehead atoms. The maximum absolute atomic E-state index is 12.4. The molecule has 0 heterocycles. The Bertz CT molecular complexity index is 594. The van der Waals surface area contributed by atoms with Crippen LogP contribution in [-0.4, -0.2) is 25.7 Å². The minimum absolute atomic E-state index is 0.167. The van der Waals surface area contributed by atoms with Crippen molar-refractivity contribution in [3.05, 3.63) is 29.8 Å². The zero-order valence-electron chi connectivity index (χ0n) is 15.3. The first-order chi connectivity index (χ1) is 11.4. The van der Waals surface area contributed by atoms with Gasteiger partial charge in [0.15, 0.2) is 0 Å². The Labute approximate surface area is 147 Å². The summed E-state index contributed by atoms with van der Waals surface area (Å²) in [7, 11) is -2.38. The highest BCUT2D eigenvalue weighted by Gasteiger charge is 2.24. The smallest absolute Gasteiger partial charge is 0.266 e. The van der Waals surface area contributed by atoms with Gasteiger partial charge in [-0.2, -0.15) is 0 Å². The second kappa shape index (κ2) is 10.5. The number of amides is 1. The van der Waals surface area contributed by atoms with Crippen LogP contribution in [0.15, 0.2) is 29.2 Å². The van der Waals surface area contributed by atoms with E-state index in [2.05, 4.69) is 6.92 Å². The second-order valence-corrected chi connectivity index (χ2v) is 8.37. The van der Waals surface area contributed by atoms with Gasteiger partial charge in [-0.1, -0.05) is 69.6 Å². The quantitative estimate of drug-likeness (QED) is 0.543. The van der Waals surface area contributed by atoms with Crippen LogP contribution in [0, 0.1) is 6.92 Å². The number of unbranched alkanes of at least 4 members (excludes halogenated alkanes) is 7. The average Bonchev–Trinajstić information content (AvgIpc) is 2.56. The Kier molecular flexibility index (Phi) is 9.04. The molecule has 0 saturated carbocycles. The van der Waals surface area contributed by atoms with Gasteiger partial charge in [-0.05, 0) is 25.5 Å². The third kappa shape index (κ3) is 6.63. The molecule has 0 aromatic heterocycles. The van der Waals surface area contributed by atoms with E-state index < -0.39 is 10.0 Å². The predicted octanol–water partition coefficient (Wildman–Crippen LogP) is 4.67. The lowest BCUT2D eigenvalue weighted by atomic mass is 10.1. The molecule has 4 nitrogen and oxygen atoms in total. The van der Waals surface area contributed by atoms with E-state index in [0.29, 0.717) is 0 Å². The molecule has 1 rings (SSSR count). The van der Waals surface area contributed by atoms with Gasteiger partial charge in [-0.15, -0.1) is 0 Å². The number of rotatable bonds is 11. The van der Waals surface area contributed by atoms with Crippen molar-refractivity contribution in [2.24, 2.45) is 0 Å². The Balaban J connectivity index is 2.37. The summed E-state index contributed by atoms with van der Waals surface area (Å²) >= 11 is 0. The summed E-state index contributed by atoms with van der Waals surface area (Å²) in [5.41, 5.74) is 0.988. The Morgan fingerprint density at radius 2 is 1.42 bits per heavy atom. The first-order valence-electron chi connectivity index (χ1n) is 8.98. The van der Waals surface area contributed by atoms with Crippen molar-refractivity contribution < 1.29 is 13.2 Å². The minimum Gasteiger partial charge on any atom is -0.274 e. The summed E-state index contributed by atoms with van der Waals surface area (Å²) in [4.78, 5) is 12.3. The maximum Gasteiger partial charge on any atom is 0.266 e. The molecular formula is C19H31NO3S. The number of hydrogen-bond donors (Lipinski definition) is 0. The van der Waals surface area contributed by atoms with Gasteiger partial charge < -0.3 is 0 Å². The molecule has 5 heteroatoms. The van der Waals surface area contributed by atoms with Crippen LogP contribution in [0.1, 0.15) is 70.3 Å². The Morgan fingerprint density at radius 3 is 1.96 bits per heavy atom. The molecule has 0 saturated heterocycles. The Hall–Kier alpha value is -1.36. The minimum atomic E-state index is -3.73. The van der Waals surface area contributed by atoms with E-state index in [1.165, 1.54) is 39.2 Å². The molecule has 24 heavy (non-hydrogen) atoms. The summed E-state index contributed by atoms with van der Waals surface area (Å²) in [5.74, 6) is -0.332. The first kappa shape index (κ1) is 20.7. The standard InChI is InChI=1S/C19H31NO3S/c1-4-5-6-7-8-9-10-11-12-19(21)20(3)24(22,23)18-15-13-17(2)14-16-18/h13-16H,4-12H2,1-3H3. The molecule has 0 unspecified atom stereocenters. The van der Waals surface area contributed by atoms with E-state index in [1.807, 2.05) is 6.92 Å². The van der Waals surface area contributed by atoms with E-state index >= 15 is 0 Å². The maximum atomic E-state index is 12.4. The molecule has 1 amide bonds. The van der Waals surface area contributed by atoms with Crippen LogP contribution in [0.3, 0.4) is 0 Å². The molecule has 0 aliphatic heterocycles. The lowest BCUT2D eigenvalue weighted by Crippen LogP contribution is -2.33. The Morgan fingerprint density at radius 1 is 0.917 bits per heavy atom. The lowest BCUT2D eigenvalue weighted by Gasteiger charge is -2.17. The number of carbonyl (C=O) groups is 1. The van der Waals surface area contributed by atoms with E-state index in [1.54, 1.807) is 24.3 Å². The van der Waals surface area contributed by atoms with Crippen molar-refractivity contribution in [1.82, 2.24) is 4.31 Å². The number of aryl methyl sites for hydroxylation is 1. The highest BCUT2D eigenvalue weighted by molar-refractivity contribution is 7.89. The number of nitrogens with zero attached hydrogens (tertiary/aromatic N) is 1. The van der Waals surface area contributed by atoms with Gasteiger partial charge in [0.2, 0.25) is 5.91 Å². The largest absolute Gasteiger partial charge is 0.274 e. The average molecular weight is 354 g/mol. The summed E-state index contributed by atoms with van der Waals surface area (Å²) in [6, 6.07) is 6.57. The number of hydrogen-bond acceptors (Lipinski definition) is 3. The van der Waals surface area contributed by atoms with Gasteiger partial charge in [0.1, 0.15) is 0 Å². The third-order valence-corrected chi connectivity index (χ3v) is 6.07.